The Balaban J connectivity index is 1.66. The van der Waals surface area contributed by atoms with E-state index in [2.05, 4.69) is 15.5 Å². The quantitative estimate of drug-likeness (QED) is 0.442. The zero-order valence-corrected chi connectivity index (χ0v) is 15.7. The minimum absolute atomic E-state index is 0.116. The van der Waals surface area contributed by atoms with E-state index in [1.807, 2.05) is 36.4 Å². The number of amides is 2. The molecule has 0 aliphatic heterocycles. The summed E-state index contributed by atoms with van der Waals surface area (Å²) in [6.45, 7) is 0. The van der Waals surface area contributed by atoms with Crippen molar-refractivity contribution < 1.29 is 9.59 Å². The maximum atomic E-state index is 12.6. The molecule has 0 aliphatic carbocycles. The van der Waals surface area contributed by atoms with Crippen molar-refractivity contribution in [3.8, 4) is 0 Å². The Kier molecular flexibility index (Phi) is 6.54. The highest BCUT2D eigenvalue weighted by atomic mass is 32.2. The lowest BCUT2D eigenvalue weighted by Gasteiger charge is -2.09. The molecule has 3 aromatic rings. The summed E-state index contributed by atoms with van der Waals surface area (Å²) in [4.78, 5) is 24.3. The number of azo groups is 1. The molecule has 6 nitrogen and oxygen atoms in total. The van der Waals surface area contributed by atoms with Gasteiger partial charge in [0, 0.05) is 10.6 Å². The van der Waals surface area contributed by atoms with Crippen LogP contribution in [0.1, 0.15) is 10.4 Å². The van der Waals surface area contributed by atoms with Crippen molar-refractivity contribution in [3.63, 3.8) is 0 Å². The summed E-state index contributed by atoms with van der Waals surface area (Å²) in [5.41, 5.74) is 7.76. The minimum atomic E-state index is -0.430. The van der Waals surface area contributed by atoms with Gasteiger partial charge >= 0.3 is 0 Å². The number of primary amides is 1. The first kappa shape index (κ1) is 19.3. The summed E-state index contributed by atoms with van der Waals surface area (Å²) in [6.07, 6.45) is 0. The summed E-state index contributed by atoms with van der Waals surface area (Å²) >= 11 is 1.24. The SMILES string of the molecule is NC(=O)CSc1ccccc1C(=O)Nc1ccc(N=Nc2ccccc2)cc1. The van der Waals surface area contributed by atoms with E-state index in [0.29, 0.717) is 21.8 Å². The van der Waals surface area contributed by atoms with E-state index in [1.165, 1.54) is 11.8 Å². The second kappa shape index (κ2) is 9.48. The van der Waals surface area contributed by atoms with Gasteiger partial charge in [0.05, 0.1) is 22.7 Å². The number of anilines is 1. The normalized spacial score (nSPS) is 10.7. The van der Waals surface area contributed by atoms with Crippen LogP contribution in [0, 0.1) is 0 Å². The van der Waals surface area contributed by atoms with Gasteiger partial charge in [0.1, 0.15) is 0 Å². The van der Waals surface area contributed by atoms with Crippen LogP contribution in [-0.2, 0) is 4.79 Å². The Bertz CT molecular complexity index is 989. The molecular formula is C21H18N4O2S. The van der Waals surface area contributed by atoms with E-state index < -0.39 is 5.91 Å². The molecule has 0 atom stereocenters. The number of benzene rings is 3. The predicted molar refractivity (Wildman–Crippen MR) is 111 cm³/mol. The summed E-state index contributed by atoms with van der Waals surface area (Å²) in [5.74, 6) is -0.572. The van der Waals surface area contributed by atoms with E-state index >= 15 is 0 Å². The number of nitrogens with zero attached hydrogens (tertiary/aromatic N) is 2. The van der Waals surface area contributed by atoms with Crippen molar-refractivity contribution in [3.05, 3.63) is 84.4 Å². The van der Waals surface area contributed by atoms with Crippen LogP contribution in [0.15, 0.2) is 94.0 Å². The van der Waals surface area contributed by atoms with E-state index in [-0.39, 0.29) is 11.7 Å². The molecule has 0 aliphatic rings. The second-order valence-corrected chi connectivity index (χ2v) is 6.80. The zero-order valence-electron chi connectivity index (χ0n) is 14.9. The van der Waals surface area contributed by atoms with Crippen molar-refractivity contribution >= 4 is 40.6 Å². The van der Waals surface area contributed by atoms with Gasteiger partial charge in [0.2, 0.25) is 5.91 Å². The number of nitrogens with one attached hydrogen (secondary N) is 1. The highest BCUT2D eigenvalue weighted by Crippen LogP contribution is 2.24. The maximum Gasteiger partial charge on any atom is 0.256 e. The van der Waals surface area contributed by atoms with Gasteiger partial charge in [-0.2, -0.15) is 10.2 Å². The number of carbonyl (C=O) groups is 2. The molecule has 0 heterocycles. The number of rotatable bonds is 7. The van der Waals surface area contributed by atoms with Gasteiger partial charge in [-0.1, -0.05) is 30.3 Å². The van der Waals surface area contributed by atoms with Crippen molar-refractivity contribution in [1.29, 1.82) is 0 Å². The average molecular weight is 390 g/mol. The standard InChI is InChI=1S/C21H18N4O2S/c22-20(26)14-28-19-9-5-4-8-18(19)21(27)23-15-10-12-17(13-11-15)25-24-16-6-2-1-3-7-16/h1-13H,14H2,(H2,22,26)(H,23,27). The Morgan fingerprint density at radius 3 is 2.11 bits per heavy atom. The van der Waals surface area contributed by atoms with Crippen LogP contribution in [0.4, 0.5) is 17.1 Å². The molecule has 0 saturated carbocycles. The fraction of sp³-hybridized carbons (Fsp3) is 0.0476. The lowest BCUT2D eigenvalue weighted by molar-refractivity contribution is -0.115. The molecule has 0 fully saturated rings. The van der Waals surface area contributed by atoms with Gasteiger partial charge < -0.3 is 11.1 Å². The van der Waals surface area contributed by atoms with Crippen LogP contribution >= 0.6 is 11.8 Å². The van der Waals surface area contributed by atoms with Crippen LogP contribution in [-0.4, -0.2) is 17.6 Å². The number of hydrogen-bond donors (Lipinski definition) is 2. The largest absolute Gasteiger partial charge is 0.369 e. The molecule has 0 radical (unpaired) electrons. The third-order valence-corrected chi connectivity index (χ3v) is 4.76. The fourth-order valence-electron chi connectivity index (χ4n) is 2.35. The molecule has 0 unspecified atom stereocenters. The van der Waals surface area contributed by atoms with Crippen LogP contribution in [0.3, 0.4) is 0 Å². The average Bonchev–Trinajstić information content (AvgIpc) is 2.72. The molecule has 3 aromatic carbocycles. The number of hydrogen-bond acceptors (Lipinski definition) is 5. The molecule has 0 aromatic heterocycles. The van der Waals surface area contributed by atoms with Crippen LogP contribution in [0.5, 0.6) is 0 Å². The van der Waals surface area contributed by atoms with Crippen LogP contribution in [0.25, 0.3) is 0 Å². The van der Waals surface area contributed by atoms with E-state index in [4.69, 9.17) is 5.73 Å². The predicted octanol–water partition coefficient (Wildman–Crippen LogP) is 4.93. The lowest BCUT2D eigenvalue weighted by atomic mass is 10.2. The number of thioether (sulfide) groups is 1. The van der Waals surface area contributed by atoms with Crippen molar-refractivity contribution in [1.82, 2.24) is 0 Å². The maximum absolute atomic E-state index is 12.6. The van der Waals surface area contributed by atoms with Gasteiger partial charge in [-0.25, -0.2) is 0 Å². The van der Waals surface area contributed by atoms with Crippen molar-refractivity contribution in [2.45, 2.75) is 4.90 Å². The van der Waals surface area contributed by atoms with Crippen LogP contribution in [0.2, 0.25) is 0 Å². The number of carbonyl (C=O) groups excluding carboxylic acids is 2. The van der Waals surface area contributed by atoms with Crippen molar-refractivity contribution in [2.75, 3.05) is 11.1 Å². The van der Waals surface area contributed by atoms with Gasteiger partial charge in [-0.15, -0.1) is 11.8 Å². The van der Waals surface area contributed by atoms with Crippen molar-refractivity contribution in [2.24, 2.45) is 16.0 Å². The zero-order chi connectivity index (χ0) is 19.8. The molecular weight excluding hydrogens is 372 g/mol. The Hall–Kier alpha value is -3.45. The third kappa shape index (κ3) is 5.52. The first-order valence-electron chi connectivity index (χ1n) is 8.50. The summed E-state index contributed by atoms with van der Waals surface area (Å²) in [7, 11) is 0. The molecule has 3 N–H and O–H groups in total. The second-order valence-electron chi connectivity index (χ2n) is 5.79. The van der Waals surface area contributed by atoms with E-state index in [9.17, 15) is 9.59 Å². The van der Waals surface area contributed by atoms with E-state index in [1.54, 1.807) is 42.5 Å². The Morgan fingerprint density at radius 1 is 0.821 bits per heavy atom. The summed E-state index contributed by atoms with van der Waals surface area (Å²) in [5, 5.41) is 11.2. The van der Waals surface area contributed by atoms with Gasteiger partial charge in [-0.05, 0) is 48.5 Å². The molecule has 140 valence electrons. The minimum Gasteiger partial charge on any atom is -0.369 e. The highest BCUT2D eigenvalue weighted by molar-refractivity contribution is 8.00. The third-order valence-electron chi connectivity index (χ3n) is 3.66. The molecule has 0 spiro atoms. The fourth-order valence-corrected chi connectivity index (χ4v) is 3.14. The Morgan fingerprint density at radius 2 is 1.43 bits per heavy atom. The molecule has 0 saturated heterocycles. The summed E-state index contributed by atoms with van der Waals surface area (Å²) in [6, 6.07) is 23.6. The topological polar surface area (TPSA) is 96.9 Å². The van der Waals surface area contributed by atoms with E-state index in [0.717, 1.165) is 5.69 Å². The number of nitrogens with two attached hydrogens (primary N) is 1. The van der Waals surface area contributed by atoms with Crippen LogP contribution < -0.4 is 11.1 Å². The first-order valence-corrected chi connectivity index (χ1v) is 9.49. The molecule has 28 heavy (non-hydrogen) atoms. The monoisotopic (exact) mass is 390 g/mol. The molecule has 0 bridgehead atoms. The Labute approximate surface area is 166 Å². The lowest BCUT2D eigenvalue weighted by Crippen LogP contribution is -2.15. The van der Waals surface area contributed by atoms with Gasteiger partial charge in [0.15, 0.2) is 0 Å². The molecule has 2 amide bonds. The summed E-state index contributed by atoms with van der Waals surface area (Å²) < 4.78 is 0. The highest BCUT2D eigenvalue weighted by Gasteiger charge is 2.12. The van der Waals surface area contributed by atoms with Gasteiger partial charge in [0.25, 0.3) is 5.91 Å². The van der Waals surface area contributed by atoms with Gasteiger partial charge in [-0.3, -0.25) is 9.59 Å². The smallest absolute Gasteiger partial charge is 0.256 e. The molecule has 3 rings (SSSR count). The molecule has 7 heteroatoms. The first-order chi connectivity index (χ1) is 13.6.